The van der Waals surface area contributed by atoms with Gasteiger partial charge in [-0.05, 0) is 45.4 Å². The van der Waals surface area contributed by atoms with E-state index < -0.39 is 11.9 Å². The molecule has 0 spiro atoms. The topological polar surface area (TPSA) is 68.7 Å². The Morgan fingerprint density at radius 3 is 2.73 bits per heavy atom. The van der Waals surface area contributed by atoms with Gasteiger partial charge in [0.25, 0.3) is 0 Å². The van der Waals surface area contributed by atoms with E-state index in [1.165, 1.54) is 0 Å². The second-order valence-electron chi connectivity index (χ2n) is 7.09. The van der Waals surface area contributed by atoms with Crippen molar-refractivity contribution in [2.24, 2.45) is 5.92 Å². The Labute approximate surface area is 154 Å². The largest absolute Gasteiger partial charge is 0.492 e. The molecule has 2 heterocycles. The maximum atomic E-state index is 11.4. The van der Waals surface area contributed by atoms with E-state index in [0.29, 0.717) is 13.2 Å². The highest BCUT2D eigenvalue weighted by molar-refractivity contribution is 5.72. The third-order valence-corrected chi connectivity index (χ3v) is 5.22. The second-order valence-corrected chi connectivity index (χ2v) is 7.09. The molecule has 1 aromatic carbocycles. The van der Waals surface area contributed by atoms with E-state index in [-0.39, 0.29) is 5.92 Å². The first kappa shape index (κ1) is 18.2. The summed E-state index contributed by atoms with van der Waals surface area (Å²) in [7, 11) is 0. The van der Waals surface area contributed by atoms with Crippen LogP contribution < -0.4 is 9.47 Å². The number of hydrogen-bond donors (Lipinski definition) is 1. The van der Waals surface area contributed by atoms with Crippen molar-refractivity contribution in [1.29, 1.82) is 0 Å². The van der Waals surface area contributed by atoms with Crippen LogP contribution in [0.2, 0.25) is 0 Å². The summed E-state index contributed by atoms with van der Waals surface area (Å²) in [5, 5.41) is 9.35. The molecule has 0 saturated heterocycles. The van der Waals surface area contributed by atoms with Crippen molar-refractivity contribution in [2.45, 2.75) is 47.1 Å². The maximum absolute atomic E-state index is 11.4. The van der Waals surface area contributed by atoms with Gasteiger partial charge in [-0.3, -0.25) is 9.78 Å². The van der Waals surface area contributed by atoms with E-state index in [1.54, 1.807) is 6.92 Å². The number of aromatic nitrogens is 1. The molecule has 2 unspecified atom stereocenters. The summed E-state index contributed by atoms with van der Waals surface area (Å²) in [5.74, 6) is 0.133. The highest BCUT2D eigenvalue weighted by atomic mass is 16.5. The lowest BCUT2D eigenvalue weighted by atomic mass is 9.85. The van der Waals surface area contributed by atoms with Gasteiger partial charge in [-0.25, -0.2) is 0 Å². The summed E-state index contributed by atoms with van der Waals surface area (Å²) in [6, 6.07) is 6.00. The number of aryl methyl sites for hydroxylation is 3. The molecule has 0 aliphatic carbocycles. The molecule has 2 atom stereocenters. The molecule has 3 rings (SSSR count). The summed E-state index contributed by atoms with van der Waals surface area (Å²) in [4.78, 5) is 15.9. The number of rotatable bonds is 5. The van der Waals surface area contributed by atoms with Crippen molar-refractivity contribution in [3.63, 3.8) is 0 Å². The Bertz CT molecular complexity index is 860. The van der Waals surface area contributed by atoms with Gasteiger partial charge in [0.05, 0.1) is 12.5 Å². The average Bonchev–Trinajstić information content (AvgIpc) is 3.03. The number of hydrogen-bond acceptors (Lipinski definition) is 4. The highest BCUT2D eigenvalue weighted by Crippen LogP contribution is 2.45. The van der Waals surface area contributed by atoms with Crippen LogP contribution in [-0.2, 0) is 11.4 Å². The van der Waals surface area contributed by atoms with Crippen LogP contribution in [-0.4, -0.2) is 22.7 Å². The van der Waals surface area contributed by atoms with Gasteiger partial charge in [0.15, 0.2) is 0 Å². The van der Waals surface area contributed by atoms with Crippen LogP contribution in [0, 0.1) is 33.6 Å². The van der Waals surface area contributed by atoms with Crippen LogP contribution in [0.25, 0.3) is 0 Å². The second kappa shape index (κ2) is 6.98. The van der Waals surface area contributed by atoms with Crippen molar-refractivity contribution >= 4 is 5.97 Å². The SMILES string of the molecule is Cc1ccc(COc2cc(C)c3c(c2C)OCC3C(C)C(=O)O)c(C)n1. The predicted octanol–water partition coefficient (Wildman–Crippen LogP) is 4.09. The molecule has 5 nitrogen and oxygen atoms in total. The van der Waals surface area contributed by atoms with Gasteiger partial charge in [-0.2, -0.15) is 0 Å². The maximum Gasteiger partial charge on any atom is 0.306 e. The molecular formula is C21H25NO4. The first-order valence-corrected chi connectivity index (χ1v) is 8.85. The first-order valence-electron chi connectivity index (χ1n) is 8.85. The molecule has 138 valence electrons. The number of carbonyl (C=O) groups is 1. The third-order valence-electron chi connectivity index (χ3n) is 5.22. The number of aliphatic carboxylic acids is 1. The van der Waals surface area contributed by atoms with Crippen LogP contribution in [0.3, 0.4) is 0 Å². The van der Waals surface area contributed by atoms with Gasteiger partial charge in [0.2, 0.25) is 0 Å². The van der Waals surface area contributed by atoms with Crippen molar-refractivity contribution in [2.75, 3.05) is 6.61 Å². The Balaban J connectivity index is 1.87. The summed E-state index contributed by atoms with van der Waals surface area (Å²) < 4.78 is 11.9. The van der Waals surface area contributed by atoms with Crippen LogP contribution in [0.5, 0.6) is 11.5 Å². The number of fused-ring (bicyclic) bond motifs is 1. The van der Waals surface area contributed by atoms with Gasteiger partial charge in [-0.15, -0.1) is 0 Å². The van der Waals surface area contributed by atoms with Crippen LogP contribution >= 0.6 is 0 Å². The van der Waals surface area contributed by atoms with E-state index in [9.17, 15) is 9.90 Å². The van der Waals surface area contributed by atoms with Crippen molar-refractivity contribution in [3.8, 4) is 11.5 Å². The fourth-order valence-corrected chi connectivity index (χ4v) is 3.52. The fourth-order valence-electron chi connectivity index (χ4n) is 3.52. The van der Waals surface area contributed by atoms with E-state index >= 15 is 0 Å². The monoisotopic (exact) mass is 355 g/mol. The normalized spacial score (nSPS) is 16.7. The van der Waals surface area contributed by atoms with Gasteiger partial charge >= 0.3 is 5.97 Å². The van der Waals surface area contributed by atoms with Gasteiger partial charge in [0.1, 0.15) is 18.1 Å². The molecule has 0 amide bonds. The van der Waals surface area contributed by atoms with Gasteiger partial charge in [-0.1, -0.05) is 13.0 Å². The lowest BCUT2D eigenvalue weighted by molar-refractivity contribution is -0.142. The van der Waals surface area contributed by atoms with Crippen molar-refractivity contribution in [3.05, 3.63) is 51.8 Å². The number of carboxylic acid groups (broad SMARTS) is 1. The number of nitrogens with zero attached hydrogens (tertiary/aromatic N) is 1. The van der Waals surface area contributed by atoms with E-state index in [1.807, 2.05) is 45.9 Å². The van der Waals surface area contributed by atoms with Crippen LogP contribution in [0.4, 0.5) is 0 Å². The molecule has 5 heteroatoms. The smallest absolute Gasteiger partial charge is 0.306 e. The van der Waals surface area contributed by atoms with E-state index in [4.69, 9.17) is 9.47 Å². The molecule has 1 aliphatic rings. The Kier molecular flexibility index (Phi) is 4.90. The molecule has 0 saturated carbocycles. The lowest BCUT2D eigenvalue weighted by Crippen LogP contribution is -2.20. The van der Waals surface area contributed by atoms with Crippen LogP contribution in [0.15, 0.2) is 18.2 Å². The molecular weight excluding hydrogens is 330 g/mol. The number of benzene rings is 1. The third kappa shape index (κ3) is 3.26. The summed E-state index contributed by atoms with van der Waals surface area (Å²) in [6.07, 6.45) is 0. The van der Waals surface area contributed by atoms with E-state index in [2.05, 4.69) is 4.98 Å². The summed E-state index contributed by atoms with van der Waals surface area (Å²) in [6.45, 7) is 10.5. The minimum absolute atomic E-state index is 0.126. The zero-order valence-corrected chi connectivity index (χ0v) is 15.9. The minimum Gasteiger partial charge on any atom is -0.492 e. The molecule has 1 aromatic heterocycles. The molecule has 2 aromatic rings. The fraction of sp³-hybridized carbons (Fsp3) is 0.429. The molecule has 0 fully saturated rings. The Morgan fingerprint density at radius 1 is 1.35 bits per heavy atom. The molecule has 26 heavy (non-hydrogen) atoms. The average molecular weight is 355 g/mol. The van der Waals surface area contributed by atoms with Crippen molar-refractivity contribution < 1.29 is 19.4 Å². The quantitative estimate of drug-likeness (QED) is 0.875. The first-order chi connectivity index (χ1) is 12.3. The van der Waals surface area contributed by atoms with Gasteiger partial charge in [0, 0.05) is 34.0 Å². The Morgan fingerprint density at radius 2 is 2.08 bits per heavy atom. The zero-order chi connectivity index (χ0) is 19.0. The predicted molar refractivity (Wildman–Crippen MR) is 99.0 cm³/mol. The lowest BCUT2D eigenvalue weighted by Gasteiger charge is -2.18. The van der Waals surface area contributed by atoms with Crippen LogP contribution in [0.1, 0.15) is 46.5 Å². The Hall–Kier alpha value is -2.56. The van der Waals surface area contributed by atoms with Gasteiger partial charge < -0.3 is 14.6 Å². The summed E-state index contributed by atoms with van der Waals surface area (Å²) in [5.41, 5.74) is 5.93. The standard InChI is InChI=1S/C21H25NO4/c1-11-8-18(25-9-16-7-6-12(2)22-15(16)5)14(4)20-19(11)17(10-26-20)13(3)21(23)24/h6-8,13,17H,9-10H2,1-5H3,(H,23,24). The molecule has 0 radical (unpaired) electrons. The molecule has 0 bridgehead atoms. The minimum atomic E-state index is -0.800. The van der Waals surface area contributed by atoms with Crippen molar-refractivity contribution in [1.82, 2.24) is 4.98 Å². The summed E-state index contributed by atoms with van der Waals surface area (Å²) >= 11 is 0. The van der Waals surface area contributed by atoms with E-state index in [0.717, 1.165) is 45.1 Å². The highest BCUT2D eigenvalue weighted by Gasteiger charge is 2.36. The zero-order valence-electron chi connectivity index (χ0n) is 15.9. The molecule has 1 N–H and O–H groups in total. The number of pyridine rings is 1. The molecule has 1 aliphatic heterocycles. The number of carboxylic acids is 1. The number of ether oxygens (including phenoxy) is 2.